The fraction of sp³-hybridized carbons (Fsp3) is 1.00. The largest absolute Gasteiger partial charge is 0.395 e. The zero-order valence-electron chi connectivity index (χ0n) is 6.27. The third-order valence-corrected chi connectivity index (χ3v) is 1.84. The average molecular weight is 144 g/mol. The number of aliphatic hydroxyl groups excluding tert-OH is 1. The monoisotopic (exact) mass is 144 g/mol. The Labute approximate surface area is 61.8 Å². The molecule has 1 heterocycles. The van der Waals surface area contributed by atoms with Gasteiger partial charge in [-0.25, -0.2) is 0 Å². The molecule has 0 saturated carbocycles. The van der Waals surface area contributed by atoms with E-state index < -0.39 is 0 Å². The first kappa shape index (κ1) is 7.98. The Morgan fingerprint density at radius 1 is 1.60 bits per heavy atom. The molecule has 1 fully saturated rings. The molecule has 0 aromatic carbocycles. The first-order valence-corrected chi connectivity index (χ1v) is 3.98. The van der Waals surface area contributed by atoms with Crippen LogP contribution in [0.2, 0.25) is 0 Å². The summed E-state index contributed by atoms with van der Waals surface area (Å²) in [5.74, 6) is 0. The SMILES string of the molecule is OCCN[C@H]1CCCNC1. The van der Waals surface area contributed by atoms with Crippen molar-refractivity contribution < 1.29 is 5.11 Å². The minimum atomic E-state index is 0.247. The smallest absolute Gasteiger partial charge is 0.0556 e. The fourth-order valence-electron chi connectivity index (χ4n) is 1.29. The van der Waals surface area contributed by atoms with Crippen LogP contribution in [-0.4, -0.2) is 37.4 Å². The molecule has 0 spiro atoms. The number of nitrogens with one attached hydrogen (secondary N) is 2. The van der Waals surface area contributed by atoms with Gasteiger partial charge in [-0.15, -0.1) is 0 Å². The van der Waals surface area contributed by atoms with E-state index >= 15 is 0 Å². The third kappa shape index (κ3) is 2.64. The van der Waals surface area contributed by atoms with E-state index in [9.17, 15) is 0 Å². The van der Waals surface area contributed by atoms with E-state index in [1.54, 1.807) is 0 Å². The fourth-order valence-corrected chi connectivity index (χ4v) is 1.29. The summed E-state index contributed by atoms with van der Waals surface area (Å²) in [4.78, 5) is 0. The zero-order chi connectivity index (χ0) is 7.23. The maximum atomic E-state index is 8.51. The molecule has 1 saturated heterocycles. The van der Waals surface area contributed by atoms with Crippen LogP contribution in [0, 0.1) is 0 Å². The van der Waals surface area contributed by atoms with E-state index in [0.717, 1.165) is 19.6 Å². The quantitative estimate of drug-likeness (QED) is 0.492. The van der Waals surface area contributed by atoms with Gasteiger partial charge in [0.1, 0.15) is 0 Å². The van der Waals surface area contributed by atoms with Gasteiger partial charge in [0.25, 0.3) is 0 Å². The summed E-state index contributed by atoms with van der Waals surface area (Å²) in [6, 6.07) is 0.584. The summed E-state index contributed by atoms with van der Waals surface area (Å²) in [5, 5.41) is 15.1. The van der Waals surface area contributed by atoms with Crippen molar-refractivity contribution in [3.63, 3.8) is 0 Å². The van der Waals surface area contributed by atoms with Crippen molar-refractivity contribution in [2.24, 2.45) is 0 Å². The normalized spacial score (nSPS) is 26.7. The molecule has 10 heavy (non-hydrogen) atoms. The molecule has 0 aromatic heterocycles. The summed E-state index contributed by atoms with van der Waals surface area (Å²) in [7, 11) is 0. The van der Waals surface area contributed by atoms with Crippen LogP contribution in [0.4, 0.5) is 0 Å². The van der Waals surface area contributed by atoms with Gasteiger partial charge in [-0.05, 0) is 19.4 Å². The van der Waals surface area contributed by atoms with Crippen LogP contribution in [0.15, 0.2) is 0 Å². The molecular weight excluding hydrogens is 128 g/mol. The van der Waals surface area contributed by atoms with E-state index in [0.29, 0.717) is 6.04 Å². The number of hydrogen-bond donors (Lipinski definition) is 3. The highest BCUT2D eigenvalue weighted by Gasteiger charge is 2.10. The lowest BCUT2D eigenvalue weighted by Crippen LogP contribution is -2.43. The predicted molar refractivity (Wildman–Crippen MR) is 41.0 cm³/mol. The molecule has 0 radical (unpaired) electrons. The highest BCUT2D eigenvalue weighted by atomic mass is 16.3. The lowest BCUT2D eigenvalue weighted by molar-refractivity contribution is 0.275. The highest BCUT2D eigenvalue weighted by molar-refractivity contribution is 4.74. The minimum absolute atomic E-state index is 0.247. The van der Waals surface area contributed by atoms with E-state index in [4.69, 9.17) is 5.11 Å². The Bertz CT molecular complexity index is 81.7. The topological polar surface area (TPSA) is 44.3 Å². The second-order valence-electron chi connectivity index (χ2n) is 2.72. The molecule has 0 aromatic rings. The van der Waals surface area contributed by atoms with Gasteiger partial charge < -0.3 is 15.7 Å². The Kier molecular flexibility index (Phi) is 3.72. The molecule has 1 aliphatic heterocycles. The molecule has 3 N–H and O–H groups in total. The predicted octanol–water partition coefficient (Wildman–Crippen LogP) is -0.680. The van der Waals surface area contributed by atoms with Gasteiger partial charge in [-0.2, -0.15) is 0 Å². The molecule has 0 unspecified atom stereocenters. The zero-order valence-corrected chi connectivity index (χ0v) is 6.27. The Balaban J connectivity index is 2.02. The van der Waals surface area contributed by atoms with Crippen LogP contribution >= 0.6 is 0 Å². The van der Waals surface area contributed by atoms with Gasteiger partial charge in [-0.1, -0.05) is 0 Å². The maximum Gasteiger partial charge on any atom is 0.0556 e. The first-order chi connectivity index (χ1) is 4.93. The van der Waals surface area contributed by atoms with Crippen LogP contribution in [0.1, 0.15) is 12.8 Å². The third-order valence-electron chi connectivity index (χ3n) is 1.84. The van der Waals surface area contributed by atoms with E-state index in [1.165, 1.54) is 12.8 Å². The lowest BCUT2D eigenvalue weighted by Gasteiger charge is -2.23. The van der Waals surface area contributed by atoms with Crippen LogP contribution < -0.4 is 10.6 Å². The van der Waals surface area contributed by atoms with E-state index in [2.05, 4.69) is 10.6 Å². The molecule has 0 amide bonds. The van der Waals surface area contributed by atoms with Crippen molar-refractivity contribution in [3.05, 3.63) is 0 Å². The van der Waals surface area contributed by atoms with Crippen molar-refractivity contribution in [2.75, 3.05) is 26.2 Å². The summed E-state index contributed by atoms with van der Waals surface area (Å²) < 4.78 is 0. The maximum absolute atomic E-state index is 8.51. The number of piperidine rings is 1. The number of rotatable bonds is 3. The Hall–Kier alpha value is -0.120. The van der Waals surface area contributed by atoms with Crippen LogP contribution in [0.5, 0.6) is 0 Å². The van der Waals surface area contributed by atoms with E-state index in [-0.39, 0.29) is 6.61 Å². The van der Waals surface area contributed by atoms with E-state index in [1.807, 2.05) is 0 Å². The van der Waals surface area contributed by atoms with Crippen LogP contribution in [-0.2, 0) is 0 Å². The molecule has 0 aliphatic carbocycles. The summed E-state index contributed by atoms with van der Waals surface area (Å²) in [6.07, 6.45) is 2.50. The Morgan fingerprint density at radius 3 is 3.10 bits per heavy atom. The average Bonchev–Trinajstić information content (AvgIpc) is 2.03. The second kappa shape index (κ2) is 4.66. The van der Waals surface area contributed by atoms with Crippen LogP contribution in [0.3, 0.4) is 0 Å². The Morgan fingerprint density at radius 2 is 2.50 bits per heavy atom. The van der Waals surface area contributed by atoms with Gasteiger partial charge in [0.05, 0.1) is 6.61 Å². The van der Waals surface area contributed by atoms with Gasteiger partial charge in [0, 0.05) is 19.1 Å². The molecule has 1 aliphatic rings. The van der Waals surface area contributed by atoms with Crippen molar-refractivity contribution in [1.29, 1.82) is 0 Å². The molecule has 3 heteroatoms. The molecule has 60 valence electrons. The lowest BCUT2D eigenvalue weighted by atomic mass is 10.1. The minimum Gasteiger partial charge on any atom is -0.395 e. The van der Waals surface area contributed by atoms with Gasteiger partial charge in [-0.3, -0.25) is 0 Å². The first-order valence-electron chi connectivity index (χ1n) is 3.98. The number of aliphatic hydroxyl groups is 1. The van der Waals surface area contributed by atoms with Gasteiger partial charge >= 0.3 is 0 Å². The summed E-state index contributed by atoms with van der Waals surface area (Å²) in [6.45, 7) is 3.18. The van der Waals surface area contributed by atoms with Crippen molar-refractivity contribution in [2.45, 2.75) is 18.9 Å². The van der Waals surface area contributed by atoms with Gasteiger partial charge in [0.2, 0.25) is 0 Å². The molecule has 0 bridgehead atoms. The second-order valence-corrected chi connectivity index (χ2v) is 2.72. The summed E-state index contributed by atoms with van der Waals surface area (Å²) >= 11 is 0. The molecule has 3 nitrogen and oxygen atoms in total. The van der Waals surface area contributed by atoms with Crippen molar-refractivity contribution in [3.8, 4) is 0 Å². The van der Waals surface area contributed by atoms with Crippen LogP contribution in [0.25, 0.3) is 0 Å². The highest BCUT2D eigenvalue weighted by Crippen LogP contribution is 1.99. The van der Waals surface area contributed by atoms with Gasteiger partial charge in [0.15, 0.2) is 0 Å². The number of hydrogen-bond acceptors (Lipinski definition) is 3. The molecular formula is C7H16N2O. The molecule has 1 atom stereocenters. The van der Waals surface area contributed by atoms with Crippen molar-refractivity contribution >= 4 is 0 Å². The van der Waals surface area contributed by atoms with Crippen molar-refractivity contribution in [1.82, 2.24) is 10.6 Å². The summed E-state index contributed by atoms with van der Waals surface area (Å²) in [5.41, 5.74) is 0. The molecule has 1 rings (SSSR count). The standard InChI is InChI=1S/C7H16N2O/c10-5-4-9-7-2-1-3-8-6-7/h7-10H,1-6H2/t7-/m0/s1.